The first-order valence-electron chi connectivity index (χ1n) is 5.11. The topological polar surface area (TPSA) is 41.6 Å². The minimum absolute atomic E-state index is 0.786. The number of aromatic nitrogens is 3. The van der Waals surface area contributed by atoms with Gasteiger partial charge < -0.3 is 4.98 Å². The summed E-state index contributed by atoms with van der Waals surface area (Å²) in [4.78, 5) is 13.3. The molecule has 3 rings (SSSR count). The van der Waals surface area contributed by atoms with Crippen molar-refractivity contribution in [3.63, 3.8) is 0 Å². The number of hydrogen-bond donors (Lipinski definition) is 1. The van der Waals surface area contributed by atoms with E-state index < -0.39 is 0 Å². The number of imidazole rings is 1. The Kier molecular flexibility index (Phi) is 2.04. The van der Waals surface area contributed by atoms with Crippen LogP contribution in [-0.2, 0) is 0 Å². The third kappa shape index (κ3) is 1.42. The fraction of sp³-hybridized carbons (Fsp3) is 0.167. The molecule has 0 fully saturated rings. The Labute approximate surface area is 97.2 Å². The summed E-state index contributed by atoms with van der Waals surface area (Å²) < 4.78 is 0. The van der Waals surface area contributed by atoms with Crippen LogP contribution in [0, 0.1) is 13.8 Å². The number of aromatic amines is 1. The first-order chi connectivity index (χ1) is 7.74. The molecular formula is C12H11N3S. The van der Waals surface area contributed by atoms with Crippen molar-refractivity contribution in [1.82, 2.24) is 15.0 Å². The van der Waals surface area contributed by atoms with Gasteiger partial charge in [0.25, 0.3) is 0 Å². The summed E-state index contributed by atoms with van der Waals surface area (Å²) in [6.07, 6.45) is 1.84. The van der Waals surface area contributed by atoms with E-state index >= 15 is 0 Å². The highest BCUT2D eigenvalue weighted by atomic mass is 32.1. The number of pyridine rings is 1. The third-order valence-electron chi connectivity index (χ3n) is 2.55. The zero-order chi connectivity index (χ0) is 11.1. The van der Waals surface area contributed by atoms with Crippen LogP contribution in [0.15, 0.2) is 23.7 Å². The second-order valence-corrected chi connectivity index (χ2v) is 4.82. The molecule has 0 spiro atoms. The second-order valence-electron chi connectivity index (χ2n) is 3.90. The highest BCUT2D eigenvalue weighted by Crippen LogP contribution is 2.27. The van der Waals surface area contributed by atoms with E-state index in [9.17, 15) is 0 Å². The van der Waals surface area contributed by atoms with E-state index in [1.165, 1.54) is 10.4 Å². The average molecular weight is 229 g/mol. The maximum atomic E-state index is 4.50. The number of nitrogens with one attached hydrogen (secondary N) is 1. The standard InChI is InChI=1S/C12H11N3S/c1-7-5-9-11(13-6-7)15-12(14-9)10-8(2)3-4-16-10/h3-6H,1-2H3,(H,13,14,15). The molecule has 0 saturated heterocycles. The summed E-state index contributed by atoms with van der Waals surface area (Å²) in [5.74, 6) is 0.917. The van der Waals surface area contributed by atoms with E-state index in [1.807, 2.05) is 13.1 Å². The number of thiophene rings is 1. The molecule has 16 heavy (non-hydrogen) atoms. The van der Waals surface area contributed by atoms with E-state index in [2.05, 4.69) is 39.4 Å². The van der Waals surface area contributed by atoms with Crippen molar-refractivity contribution in [1.29, 1.82) is 0 Å². The van der Waals surface area contributed by atoms with Crippen molar-refractivity contribution in [3.8, 4) is 10.7 Å². The third-order valence-corrected chi connectivity index (χ3v) is 3.57. The summed E-state index contributed by atoms with van der Waals surface area (Å²) in [6.45, 7) is 4.13. The molecule has 1 N–H and O–H groups in total. The van der Waals surface area contributed by atoms with Crippen molar-refractivity contribution >= 4 is 22.5 Å². The molecule has 4 heteroatoms. The molecule has 0 unspecified atom stereocenters. The average Bonchev–Trinajstić information content (AvgIpc) is 2.82. The molecule has 0 amide bonds. The van der Waals surface area contributed by atoms with E-state index in [0.29, 0.717) is 0 Å². The monoisotopic (exact) mass is 229 g/mol. The van der Waals surface area contributed by atoms with Crippen LogP contribution in [0.3, 0.4) is 0 Å². The van der Waals surface area contributed by atoms with Gasteiger partial charge in [0.1, 0.15) is 0 Å². The smallest absolute Gasteiger partial charge is 0.178 e. The second kappa shape index (κ2) is 3.42. The fourth-order valence-corrected chi connectivity index (χ4v) is 2.60. The molecule has 0 saturated carbocycles. The van der Waals surface area contributed by atoms with Crippen LogP contribution in [0.5, 0.6) is 0 Å². The van der Waals surface area contributed by atoms with Crippen molar-refractivity contribution in [2.75, 3.05) is 0 Å². The van der Waals surface area contributed by atoms with Gasteiger partial charge in [-0.25, -0.2) is 9.97 Å². The molecule has 0 aromatic carbocycles. The first-order valence-corrected chi connectivity index (χ1v) is 5.99. The molecule has 3 aromatic rings. The zero-order valence-electron chi connectivity index (χ0n) is 9.11. The van der Waals surface area contributed by atoms with Crippen molar-refractivity contribution in [3.05, 3.63) is 34.8 Å². The molecule has 0 bridgehead atoms. The van der Waals surface area contributed by atoms with Crippen LogP contribution in [0.1, 0.15) is 11.1 Å². The van der Waals surface area contributed by atoms with E-state index in [-0.39, 0.29) is 0 Å². The highest BCUT2D eigenvalue weighted by molar-refractivity contribution is 7.13. The predicted octanol–water partition coefficient (Wildman–Crippen LogP) is 3.30. The predicted molar refractivity (Wildman–Crippen MR) is 66.7 cm³/mol. The molecule has 80 valence electrons. The van der Waals surface area contributed by atoms with Gasteiger partial charge in [0.15, 0.2) is 11.5 Å². The molecule has 3 heterocycles. The normalized spacial score (nSPS) is 11.1. The van der Waals surface area contributed by atoms with Gasteiger partial charge in [-0.1, -0.05) is 0 Å². The van der Waals surface area contributed by atoms with Gasteiger partial charge in [0.2, 0.25) is 0 Å². The Morgan fingerprint density at radius 1 is 1.31 bits per heavy atom. The van der Waals surface area contributed by atoms with Crippen molar-refractivity contribution in [2.45, 2.75) is 13.8 Å². The number of fused-ring (bicyclic) bond motifs is 1. The molecule has 0 aliphatic rings. The number of rotatable bonds is 1. The SMILES string of the molecule is Cc1cnc2nc(-c3sccc3C)[nH]c2c1. The number of aryl methyl sites for hydroxylation is 2. The van der Waals surface area contributed by atoms with E-state index in [1.54, 1.807) is 11.3 Å². The molecule has 0 aliphatic carbocycles. The van der Waals surface area contributed by atoms with Crippen molar-refractivity contribution < 1.29 is 0 Å². The van der Waals surface area contributed by atoms with Crippen LogP contribution in [0.4, 0.5) is 0 Å². The van der Waals surface area contributed by atoms with E-state index in [4.69, 9.17) is 0 Å². The lowest BCUT2D eigenvalue weighted by Crippen LogP contribution is -1.78. The number of nitrogens with zero attached hydrogens (tertiary/aromatic N) is 2. The molecule has 0 radical (unpaired) electrons. The Bertz CT molecular complexity index is 651. The lowest BCUT2D eigenvalue weighted by molar-refractivity contribution is 1.28. The summed E-state index contributed by atoms with van der Waals surface area (Å²) in [6, 6.07) is 4.17. The molecular weight excluding hydrogens is 218 g/mol. The van der Waals surface area contributed by atoms with Gasteiger partial charge in [-0.05, 0) is 42.5 Å². The summed E-state index contributed by atoms with van der Waals surface area (Å²) in [5, 5.41) is 2.08. The van der Waals surface area contributed by atoms with E-state index in [0.717, 1.165) is 22.6 Å². The minimum atomic E-state index is 0.786. The maximum absolute atomic E-state index is 4.50. The Hall–Kier alpha value is -1.68. The quantitative estimate of drug-likeness (QED) is 0.695. The molecule has 3 aromatic heterocycles. The Balaban J connectivity index is 2.23. The highest BCUT2D eigenvalue weighted by Gasteiger charge is 2.09. The van der Waals surface area contributed by atoms with Gasteiger partial charge in [-0.2, -0.15) is 0 Å². The van der Waals surface area contributed by atoms with Gasteiger partial charge in [-0.3, -0.25) is 0 Å². The van der Waals surface area contributed by atoms with Crippen LogP contribution in [0.25, 0.3) is 21.9 Å². The van der Waals surface area contributed by atoms with Gasteiger partial charge in [-0.15, -0.1) is 11.3 Å². The Morgan fingerprint density at radius 2 is 2.19 bits per heavy atom. The maximum Gasteiger partial charge on any atom is 0.178 e. The zero-order valence-corrected chi connectivity index (χ0v) is 9.93. The number of hydrogen-bond acceptors (Lipinski definition) is 3. The summed E-state index contributed by atoms with van der Waals surface area (Å²) >= 11 is 1.70. The molecule has 0 aliphatic heterocycles. The lowest BCUT2D eigenvalue weighted by atomic mass is 10.3. The van der Waals surface area contributed by atoms with Gasteiger partial charge in [0.05, 0.1) is 10.4 Å². The first kappa shape index (κ1) is 9.54. The van der Waals surface area contributed by atoms with Gasteiger partial charge in [0, 0.05) is 6.20 Å². The van der Waals surface area contributed by atoms with Crippen LogP contribution >= 0.6 is 11.3 Å². The largest absolute Gasteiger partial charge is 0.336 e. The lowest BCUT2D eigenvalue weighted by Gasteiger charge is -1.91. The summed E-state index contributed by atoms with van der Waals surface area (Å²) in [5.41, 5.74) is 4.18. The Morgan fingerprint density at radius 3 is 2.94 bits per heavy atom. The van der Waals surface area contributed by atoms with Crippen LogP contribution in [0.2, 0.25) is 0 Å². The van der Waals surface area contributed by atoms with Crippen LogP contribution < -0.4 is 0 Å². The molecule has 3 nitrogen and oxygen atoms in total. The van der Waals surface area contributed by atoms with Gasteiger partial charge >= 0.3 is 0 Å². The van der Waals surface area contributed by atoms with Crippen LogP contribution in [-0.4, -0.2) is 15.0 Å². The van der Waals surface area contributed by atoms with Crippen molar-refractivity contribution in [2.24, 2.45) is 0 Å². The fourth-order valence-electron chi connectivity index (χ4n) is 1.73. The minimum Gasteiger partial charge on any atom is -0.336 e. The number of H-pyrrole nitrogens is 1. The molecule has 0 atom stereocenters. The summed E-state index contributed by atoms with van der Waals surface area (Å²) in [7, 11) is 0.